The van der Waals surface area contributed by atoms with Crippen LogP contribution in [0.5, 0.6) is 0 Å². The molecular weight excluding hydrogens is 853 g/mol. The first-order valence-electron chi connectivity index (χ1n) is 24.9. The van der Waals surface area contributed by atoms with E-state index in [-0.39, 0.29) is 19.4 Å². The summed E-state index contributed by atoms with van der Waals surface area (Å²) in [5.41, 5.74) is 0. The molecule has 0 radical (unpaired) electrons. The smallest absolute Gasteiger partial charge is 0.306 e. The summed E-state index contributed by atoms with van der Waals surface area (Å²) in [7, 11) is 0. The Kier molecular flexibility index (Phi) is 34.2. The van der Waals surface area contributed by atoms with Gasteiger partial charge in [-0.3, -0.25) is 9.59 Å². The molecule has 0 aromatic rings. The quantitative estimate of drug-likeness (QED) is 0.0152. The van der Waals surface area contributed by atoms with Crippen LogP contribution in [-0.2, 0) is 38.0 Å². The Labute approximate surface area is 394 Å². The Hall–Kier alpha value is -2.80. The molecule has 380 valence electrons. The molecule has 0 bridgehead atoms. The van der Waals surface area contributed by atoms with Gasteiger partial charge in [0.25, 0.3) is 0 Å². The minimum Gasteiger partial charge on any atom is -0.462 e. The number of esters is 2. The highest BCUT2D eigenvalue weighted by atomic mass is 16.7. The van der Waals surface area contributed by atoms with Gasteiger partial charge in [0, 0.05) is 12.8 Å². The molecule has 15 nitrogen and oxygen atoms in total. The fraction of sp³-hybridized carbons (Fsp3) is 0.765. The minimum absolute atomic E-state index is 0.156. The molecule has 66 heavy (non-hydrogen) atoms. The lowest BCUT2D eigenvalue weighted by Gasteiger charge is -2.42. The SMILES string of the molecule is C=CCCCCCCCCCCCCCCCC(=O)O[C@H](COC(=O)CCCCCCC/C=C/C=C/C=C/C=C/CC)CO[C@@H]1O[C@H](CO[C@@H]2O[C@H](CO)[C@H](O)C(O)C2O)[C@H](O)C(O)C1O. The van der Waals surface area contributed by atoms with Crippen molar-refractivity contribution in [2.24, 2.45) is 0 Å². The van der Waals surface area contributed by atoms with E-state index in [2.05, 4.69) is 25.7 Å². The van der Waals surface area contributed by atoms with Crippen LogP contribution in [0.15, 0.2) is 61.3 Å². The standard InChI is InChI=1S/C51H86O15/c1-3-5-7-9-11-13-15-17-19-21-23-25-27-29-31-33-42(53)61-36-39(64-43(54)34-32-30-28-26-24-22-20-18-16-14-12-10-8-6-4-2)37-62-50-49(60)47(58)45(56)41(66-50)38-63-51-48(59)46(57)44(55)40(35-52)65-51/h4-5,7,9,11,13,15,17,19,39-41,44-52,55-60H,2-3,6,8,10,12,14,16,18,20-38H2,1H3/b7-5+,11-9+,15-13+,19-17+/t39-,40-,41-,44+,45+,46?,47?,48?,49?,50-,51-/m1/s1. The third kappa shape index (κ3) is 26.1. The molecule has 0 spiro atoms. The molecule has 4 unspecified atom stereocenters. The molecular formula is C51H86O15. The fourth-order valence-electron chi connectivity index (χ4n) is 7.62. The van der Waals surface area contributed by atoms with Gasteiger partial charge < -0.3 is 64.2 Å². The van der Waals surface area contributed by atoms with Crippen LogP contribution in [-0.4, -0.2) is 142 Å². The van der Waals surface area contributed by atoms with Crippen molar-refractivity contribution in [2.75, 3.05) is 26.4 Å². The zero-order chi connectivity index (χ0) is 48.2. The van der Waals surface area contributed by atoms with E-state index in [0.29, 0.717) is 12.8 Å². The van der Waals surface area contributed by atoms with Crippen molar-refractivity contribution in [3.8, 4) is 0 Å². The second kappa shape index (κ2) is 38.1. The molecule has 0 amide bonds. The first-order chi connectivity index (χ1) is 32.0. The first kappa shape index (κ1) is 59.3. The first-order valence-corrected chi connectivity index (χ1v) is 24.9. The summed E-state index contributed by atoms with van der Waals surface area (Å²) in [4.78, 5) is 25.7. The molecule has 2 saturated heterocycles. The number of hydrogen-bond donors (Lipinski definition) is 7. The summed E-state index contributed by atoms with van der Waals surface area (Å²) in [6.07, 6.45) is 24.2. The summed E-state index contributed by atoms with van der Waals surface area (Å²) in [6, 6.07) is 0. The maximum atomic E-state index is 13.0. The van der Waals surface area contributed by atoms with Crippen LogP contribution in [0.2, 0.25) is 0 Å². The molecule has 2 aliphatic rings. The summed E-state index contributed by atoms with van der Waals surface area (Å²) in [5.74, 6) is -0.958. The van der Waals surface area contributed by atoms with Crippen LogP contribution in [0, 0.1) is 0 Å². The van der Waals surface area contributed by atoms with Gasteiger partial charge in [-0.25, -0.2) is 0 Å². The van der Waals surface area contributed by atoms with Crippen LogP contribution in [0.1, 0.15) is 155 Å². The van der Waals surface area contributed by atoms with Crippen molar-refractivity contribution in [1.29, 1.82) is 0 Å². The Balaban J connectivity index is 1.83. The van der Waals surface area contributed by atoms with E-state index in [1.165, 1.54) is 57.8 Å². The fourth-order valence-corrected chi connectivity index (χ4v) is 7.62. The number of ether oxygens (including phenoxy) is 6. The van der Waals surface area contributed by atoms with E-state index >= 15 is 0 Å². The number of hydrogen-bond acceptors (Lipinski definition) is 15. The van der Waals surface area contributed by atoms with Gasteiger partial charge in [0.15, 0.2) is 18.7 Å². The Morgan fingerprint density at radius 3 is 1.53 bits per heavy atom. The predicted molar refractivity (Wildman–Crippen MR) is 252 cm³/mol. The van der Waals surface area contributed by atoms with Crippen molar-refractivity contribution in [1.82, 2.24) is 0 Å². The lowest BCUT2D eigenvalue weighted by Crippen LogP contribution is -2.61. The van der Waals surface area contributed by atoms with E-state index in [9.17, 15) is 45.3 Å². The normalized spacial score (nSPS) is 26.5. The molecule has 2 rings (SSSR count). The van der Waals surface area contributed by atoms with Crippen LogP contribution in [0.3, 0.4) is 0 Å². The van der Waals surface area contributed by atoms with Crippen molar-refractivity contribution in [2.45, 2.75) is 222 Å². The van der Waals surface area contributed by atoms with E-state index < -0.39 is 99.3 Å². The number of allylic oxidation sites excluding steroid dienone is 9. The van der Waals surface area contributed by atoms with Gasteiger partial charge in [0.05, 0.1) is 19.8 Å². The molecule has 0 aromatic carbocycles. The Bertz CT molecular complexity index is 1370. The number of unbranched alkanes of at least 4 members (excludes halogenated alkanes) is 18. The molecule has 0 saturated carbocycles. The second-order valence-corrected chi connectivity index (χ2v) is 17.4. The van der Waals surface area contributed by atoms with Gasteiger partial charge in [-0.05, 0) is 44.9 Å². The number of aliphatic hydroxyl groups excluding tert-OH is 7. The molecule has 7 N–H and O–H groups in total. The third-order valence-electron chi connectivity index (χ3n) is 11.7. The molecule has 2 fully saturated rings. The highest BCUT2D eigenvalue weighted by molar-refractivity contribution is 5.70. The van der Waals surface area contributed by atoms with Crippen molar-refractivity contribution < 1.29 is 73.8 Å². The van der Waals surface area contributed by atoms with Crippen molar-refractivity contribution in [3.05, 3.63) is 61.3 Å². The topological polar surface area (TPSA) is 231 Å². The van der Waals surface area contributed by atoms with E-state index in [1.807, 2.05) is 42.5 Å². The van der Waals surface area contributed by atoms with Crippen molar-refractivity contribution in [3.63, 3.8) is 0 Å². The number of carbonyl (C=O) groups excluding carboxylic acids is 2. The molecule has 15 heteroatoms. The maximum absolute atomic E-state index is 13.0. The lowest BCUT2D eigenvalue weighted by atomic mass is 9.98. The van der Waals surface area contributed by atoms with E-state index in [0.717, 1.165) is 64.2 Å². The Morgan fingerprint density at radius 1 is 0.530 bits per heavy atom. The Morgan fingerprint density at radius 2 is 0.985 bits per heavy atom. The highest BCUT2D eigenvalue weighted by Gasteiger charge is 2.47. The monoisotopic (exact) mass is 939 g/mol. The summed E-state index contributed by atoms with van der Waals surface area (Å²) in [5, 5.41) is 72.0. The average Bonchev–Trinajstić information content (AvgIpc) is 3.31. The van der Waals surface area contributed by atoms with Crippen LogP contribution in [0.25, 0.3) is 0 Å². The number of aliphatic hydroxyl groups is 7. The highest BCUT2D eigenvalue weighted by Crippen LogP contribution is 2.26. The van der Waals surface area contributed by atoms with Gasteiger partial charge in [0.2, 0.25) is 0 Å². The molecule has 2 aliphatic heterocycles. The summed E-state index contributed by atoms with van der Waals surface area (Å²) in [6.45, 7) is 3.95. The summed E-state index contributed by atoms with van der Waals surface area (Å²) < 4.78 is 33.5. The second-order valence-electron chi connectivity index (χ2n) is 17.4. The van der Waals surface area contributed by atoms with Crippen LogP contribution in [0.4, 0.5) is 0 Å². The van der Waals surface area contributed by atoms with Gasteiger partial charge in [0.1, 0.15) is 55.4 Å². The van der Waals surface area contributed by atoms with E-state index in [1.54, 1.807) is 0 Å². The van der Waals surface area contributed by atoms with Gasteiger partial charge >= 0.3 is 11.9 Å². The minimum atomic E-state index is -1.77. The summed E-state index contributed by atoms with van der Waals surface area (Å²) >= 11 is 0. The molecule has 11 atom stereocenters. The van der Waals surface area contributed by atoms with Gasteiger partial charge in [-0.15, -0.1) is 6.58 Å². The van der Waals surface area contributed by atoms with Gasteiger partial charge in [-0.2, -0.15) is 0 Å². The number of rotatable bonds is 38. The average molecular weight is 939 g/mol. The molecule has 0 aromatic heterocycles. The van der Waals surface area contributed by atoms with Crippen LogP contribution >= 0.6 is 0 Å². The zero-order valence-corrected chi connectivity index (χ0v) is 39.7. The molecule has 0 aliphatic carbocycles. The predicted octanol–water partition coefficient (Wildman–Crippen LogP) is 6.49. The van der Waals surface area contributed by atoms with Crippen molar-refractivity contribution >= 4 is 11.9 Å². The maximum Gasteiger partial charge on any atom is 0.306 e. The third-order valence-corrected chi connectivity index (χ3v) is 11.7. The largest absolute Gasteiger partial charge is 0.462 e. The molecule has 2 heterocycles. The van der Waals surface area contributed by atoms with Gasteiger partial charge in [-0.1, -0.05) is 151 Å². The van der Waals surface area contributed by atoms with Crippen LogP contribution < -0.4 is 0 Å². The zero-order valence-electron chi connectivity index (χ0n) is 39.7. The lowest BCUT2D eigenvalue weighted by molar-refractivity contribution is -0.332. The number of carbonyl (C=O) groups is 2. The van der Waals surface area contributed by atoms with E-state index in [4.69, 9.17) is 28.4 Å².